The lowest BCUT2D eigenvalue weighted by atomic mass is 10.2. The van der Waals surface area contributed by atoms with Crippen LogP contribution in [0.4, 0.5) is 5.69 Å². The van der Waals surface area contributed by atoms with Gasteiger partial charge in [0.2, 0.25) is 0 Å². The maximum atomic E-state index is 12.2. The van der Waals surface area contributed by atoms with E-state index in [9.17, 15) is 19.7 Å². The van der Waals surface area contributed by atoms with Crippen LogP contribution in [0.1, 0.15) is 26.6 Å². The Hall–Kier alpha value is -3.04. The third-order valence-electron chi connectivity index (χ3n) is 3.62. The number of fused-ring (bicyclic) bond motifs is 1. The van der Waals surface area contributed by atoms with Crippen LogP contribution in [0, 0.1) is 17.0 Å². The van der Waals surface area contributed by atoms with Gasteiger partial charge in [-0.2, -0.15) is 0 Å². The number of carbonyl (C=O) groups is 1. The van der Waals surface area contributed by atoms with Crippen LogP contribution in [0.5, 0.6) is 0 Å². The number of nitrogens with zero attached hydrogens (tertiary/aromatic N) is 2. The minimum absolute atomic E-state index is 0.0564. The summed E-state index contributed by atoms with van der Waals surface area (Å²) in [6, 6.07) is 3.99. The molecule has 2 aromatic heterocycles. The number of H-pyrrole nitrogens is 1. The van der Waals surface area contributed by atoms with E-state index >= 15 is 0 Å². The third kappa shape index (κ3) is 3.22. The molecule has 2 N–H and O–H groups in total. The molecule has 0 fully saturated rings. The van der Waals surface area contributed by atoms with E-state index in [1.165, 1.54) is 30.4 Å². The van der Waals surface area contributed by atoms with Crippen LogP contribution in [-0.2, 0) is 0 Å². The quantitative estimate of drug-likeness (QED) is 0.515. The van der Waals surface area contributed by atoms with Gasteiger partial charge in [0, 0.05) is 17.2 Å². The number of thiophene rings is 1. The Bertz CT molecular complexity index is 1150. The lowest BCUT2D eigenvalue weighted by molar-refractivity contribution is -0.384. The normalized spacial score (nSPS) is 11.3. The van der Waals surface area contributed by atoms with Crippen molar-refractivity contribution in [2.75, 3.05) is 0 Å². The Kier molecular flexibility index (Phi) is 4.58. The molecular formula is C16H10ClN3O5S. The third-order valence-corrected chi connectivity index (χ3v) is 5.14. The van der Waals surface area contributed by atoms with Crippen LogP contribution in [-0.4, -0.2) is 26.0 Å². The van der Waals surface area contributed by atoms with Crippen molar-refractivity contribution in [1.29, 1.82) is 0 Å². The maximum Gasteiger partial charge on any atom is 0.346 e. The number of aromatic carboxylic acids is 1. The molecule has 0 saturated heterocycles. The fraction of sp³-hybridized carbons (Fsp3) is 0.0625. The summed E-state index contributed by atoms with van der Waals surface area (Å²) in [5.41, 5.74) is 0.174. The molecule has 3 aromatic rings. The smallest absolute Gasteiger partial charge is 0.346 e. The van der Waals surface area contributed by atoms with Gasteiger partial charge in [0.25, 0.3) is 11.2 Å². The molecule has 0 aliphatic heterocycles. The Labute approximate surface area is 154 Å². The van der Waals surface area contributed by atoms with Gasteiger partial charge in [-0.25, -0.2) is 9.78 Å². The molecule has 0 spiro atoms. The predicted octanol–water partition coefficient (Wildman–Crippen LogP) is 3.72. The van der Waals surface area contributed by atoms with E-state index in [0.29, 0.717) is 21.0 Å². The average Bonchev–Trinajstić information content (AvgIpc) is 2.91. The lowest BCUT2D eigenvalue weighted by Gasteiger charge is -1.99. The topological polar surface area (TPSA) is 126 Å². The van der Waals surface area contributed by atoms with Crippen molar-refractivity contribution in [3.8, 4) is 0 Å². The second-order valence-electron chi connectivity index (χ2n) is 5.29. The van der Waals surface area contributed by atoms with Crippen molar-refractivity contribution in [2.45, 2.75) is 6.92 Å². The van der Waals surface area contributed by atoms with Gasteiger partial charge in [0.15, 0.2) is 0 Å². The van der Waals surface area contributed by atoms with Crippen LogP contribution >= 0.6 is 22.9 Å². The molecular weight excluding hydrogens is 382 g/mol. The van der Waals surface area contributed by atoms with Crippen LogP contribution in [0.25, 0.3) is 22.4 Å². The number of halogens is 1. The molecule has 0 aliphatic carbocycles. The van der Waals surface area contributed by atoms with E-state index in [0.717, 1.165) is 11.3 Å². The SMILES string of the molecule is Cc1c(C(=O)O)sc2nc(/C=C/c3cc([N+](=O)[O-])ccc3Cl)[nH]c(=O)c12. The number of aromatic nitrogens is 2. The van der Waals surface area contributed by atoms with Gasteiger partial charge in [-0.3, -0.25) is 14.9 Å². The van der Waals surface area contributed by atoms with E-state index in [2.05, 4.69) is 9.97 Å². The van der Waals surface area contributed by atoms with E-state index in [1.54, 1.807) is 6.92 Å². The first-order valence-corrected chi connectivity index (χ1v) is 8.36. The highest BCUT2D eigenvalue weighted by Gasteiger charge is 2.18. The first kappa shape index (κ1) is 17.8. The Morgan fingerprint density at radius 2 is 2.15 bits per heavy atom. The van der Waals surface area contributed by atoms with Crippen molar-refractivity contribution in [3.05, 3.63) is 65.5 Å². The fourth-order valence-corrected chi connectivity index (χ4v) is 3.59. The number of nitro groups is 1. The first-order valence-electron chi connectivity index (χ1n) is 7.16. The number of carboxylic acid groups (broad SMARTS) is 1. The zero-order valence-corrected chi connectivity index (χ0v) is 14.7. The van der Waals surface area contributed by atoms with Gasteiger partial charge >= 0.3 is 5.97 Å². The molecule has 132 valence electrons. The van der Waals surface area contributed by atoms with Gasteiger partial charge in [0.05, 0.1) is 10.3 Å². The zero-order valence-electron chi connectivity index (χ0n) is 13.1. The molecule has 10 heteroatoms. The van der Waals surface area contributed by atoms with Crippen molar-refractivity contribution in [1.82, 2.24) is 9.97 Å². The van der Waals surface area contributed by atoms with Crippen LogP contribution < -0.4 is 5.56 Å². The zero-order chi connectivity index (χ0) is 19.0. The number of carboxylic acids is 1. The summed E-state index contributed by atoms with van der Waals surface area (Å²) >= 11 is 6.93. The summed E-state index contributed by atoms with van der Waals surface area (Å²) in [6.45, 7) is 1.55. The molecule has 8 nitrogen and oxygen atoms in total. The minimum atomic E-state index is -1.12. The number of rotatable bonds is 4. The molecule has 0 aliphatic rings. The second kappa shape index (κ2) is 6.70. The Morgan fingerprint density at radius 3 is 2.81 bits per heavy atom. The highest BCUT2D eigenvalue weighted by molar-refractivity contribution is 7.20. The minimum Gasteiger partial charge on any atom is -0.477 e. The Morgan fingerprint density at radius 1 is 1.42 bits per heavy atom. The number of aromatic amines is 1. The van der Waals surface area contributed by atoms with Gasteiger partial charge in [-0.15, -0.1) is 11.3 Å². The van der Waals surface area contributed by atoms with Gasteiger partial charge in [-0.1, -0.05) is 11.6 Å². The summed E-state index contributed by atoms with van der Waals surface area (Å²) in [6.07, 6.45) is 2.93. The van der Waals surface area contributed by atoms with Crippen molar-refractivity contribution in [2.24, 2.45) is 0 Å². The predicted molar refractivity (Wildman–Crippen MR) is 99.0 cm³/mol. The number of hydrogen-bond donors (Lipinski definition) is 2. The molecule has 0 atom stereocenters. The molecule has 1 aromatic carbocycles. The van der Waals surface area contributed by atoms with Crippen molar-refractivity contribution >= 4 is 57.0 Å². The highest BCUT2D eigenvalue weighted by atomic mass is 35.5. The van der Waals surface area contributed by atoms with Crippen molar-refractivity contribution in [3.63, 3.8) is 0 Å². The van der Waals surface area contributed by atoms with E-state index in [-0.39, 0.29) is 21.8 Å². The largest absolute Gasteiger partial charge is 0.477 e. The fourth-order valence-electron chi connectivity index (χ4n) is 2.38. The number of aryl methyl sites for hydroxylation is 1. The lowest BCUT2D eigenvalue weighted by Crippen LogP contribution is -2.09. The number of hydrogen-bond acceptors (Lipinski definition) is 6. The van der Waals surface area contributed by atoms with Gasteiger partial charge < -0.3 is 10.1 Å². The number of benzene rings is 1. The molecule has 0 saturated carbocycles. The summed E-state index contributed by atoms with van der Waals surface area (Å²) in [4.78, 5) is 40.9. The van der Waals surface area contributed by atoms with Crippen LogP contribution in [0.3, 0.4) is 0 Å². The number of nitrogens with one attached hydrogen (secondary N) is 1. The van der Waals surface area contributed by atoms with Crippen molar-refractivity contribution < 1.29 is 14.8 Å². The second-order valence-corrected chi connectivity index (χ2v) is 6.70. The Balaban J connectivity index is 2.06. The summed E-state index contributed by atoms with van der Waals surface area (Å²) < 4.78 is 0. The monoisotopic (exact) mass is 391 g/mol. The van der Waals surface area contributed by atoms with Gasteiger partial charge in [0.1, 0.15) is 15.5 Å². The number of non-ortho nitro benzene ring substituents is 1. The number of nitro benzene ring substituents is 1. The molecule has 26 heavy (non-hydrogen) atoms. The van der Waals surface area contributed by atoms with Crippen LogP contribution in [0.15, 0.2) is 23.0 Å². The van der Waals surface area contributed by atoms with Gasteiger partial charge in [-0.05, 0) is 36.3 Å². The van der Waals surface area contributed by atoms with E-state index < -0.39 is 16.5 Å². The van der Waals surface area contributed by atoms with E-state index in [4.69, 9.17) is 16.7 Å². The molecule has 0 bridgehead atoms. The summed E-state index contributed by atoms with van der Waals surface area (Å²) in [5.74, 6) is -0.936. The maximum absolute atomic E-state index is 12.2. The average molecular weight is 392 g/mol. The van der Waals surface area contributed by atoms with Crippen LogP contribution in [0.2, 0.25) is 5.02 Å². The molecule has 0 radical (unpaired) electrons. The molecule has 3 rings (SSSR count). The molecule has 0 unspecified atom stereocenters. The molecule has 0 amide bonds. The first-order chi connectivity index (χ1) is 12.3. The highest BCUT2D eigenvalue weighted by Crippen LogP contribution is 2.27. The summed E-state index contributed by atoms with van der Waals surface area (Å²) in [5, 5.41) is 20.6. The summed E-state index contributed by atoms with van der Waals surface area (Å²) in [7, 11) is 0. The standard InChI is InChI=1S/C16H10ClN3O5S/c1-7-12-14(21)18-11(19-15(12)26-13(7)16(22)23)5-2-8-6-9(20(24)25)3-4-10(8)17/h2-6H,1H3,(H,22,23)(H,18,19,21)/b5-2+. The van der Waals surface area contributed by atoms with E-state index in [1.807, 2.05) is 0 Å². The molecule has 2 heterocycles.